The van der Waals surface area contributed by atoms with Crippen LogP contribution in [0.25, 0.3) is 10.9 Å². The number of benzene rings is 1. The molecule has 8 heteroatoms. The van der Waals surface area contributed by atoms with Crippen molar-refractivity contribution >= 4 is 40.4 Å². The second-order valence-electron chi connectivity index (χ2n) is 3.86. The predicted octanol–water partition coefficient (Wildman–Crippen LogP) is 1.04. The lowest BCUT2D eigenvalue weighted by Crippen LogP contribution is -2.24. The van der Waals surface area contributed by atoms with E-state index in [1.54, 1.807) is 18.2 Å². The lowest BCUT2D eigenvalue weighted by molar-refractivity contribution is 0.0691. The molecule has 0 aliphatic rings. The van der Waals surface area contributed by atoms with Gasteiger partial charge in [-0.3, -0.25) is 5.43 Å². The highest BCUT2D eigenvalue weighted by atomic mass is 32.1. The standard InChI is InChI=1S/C12H12N4O3S/c1-19-6-2-3-9-7(4-6)8(5-14-16-12(13)20)10(15-9)11(17)18/h2-5,15H,1H3,(H,17,18)(H3,13,16,20)/b14-5+. The van der Waals surface area contributed by atoms with Crippen LogP contribution in [-0.4, -0.2) is 34.5 Å². The Balaban J connectivity index is 2.57. The second kappa shape index (κ2) is 5.57. The van der Waals surface area contributed by atoms with Gasteiger partial charge in [-0.25, -0.2) is 4.79 Å². The van der Waals surface area contributed by atoms with E-state index < -0.39 is 5.97 Å². The van der Waals surface area contributed by atoms with Crippen LogP contribution in [0.4, 0.5) is 0 Å². The summed E-state index contributed by atoms with van der Waals surface area (Å²) in [6.45, 7) is 0. The Labute approximate surface area is 119 Å². The summed E-state index contributed by atoms with van der Waals surface area (Å²) in [6.07, 6.45) is 1.35. The molecule has 0 radical (unpaired) electrons. The van der Waals surface area contributed by atoms with Gasteiger partial charge < -0.3 is 20.6 Å². The summed E-state index contributed by atoms with van der Waals surface area (Å²) in [7, 11) is 1.54. The highest BCUT2D eigenvalue weighted by molar-refractivity contribution is 7.80. The summed E-state index contributed by atoms with van der Waals surface area (Å²) in [4.78, 5) is 14.1. The molecule has 20 heavy (non-hydrogen) atoms. The van der Waals surface area contributed by atoms with Crippen LogP contribution in [0.15, 0.2) is 23.3 Å². The molecule has 1 heterocycles. The first-order chi connectivity index (χ1) is 9.52. The predicted molar refractivity (Wildman–Crippen MR) is 79.3 cm³/mol. The Morgan fingerprint density at radius 3 is 2.95 bits per heavy atom. The molecule has 0 saturated carbocycles. The molecule has 104 valence electrons. The van der Waals surface area contributed by atoms with Gasteiger partial charge in [0.2, 0.25) is 0 Å². The van der Waals surface area contributed by atoms with Gasteiger partial charge in [-0.2, -0.15) is 5.10 Å². The first kappa shape index (κ1) is 13.8. The summed E-state index contributed by atoms with van der Waals surface area (Å²) < 4.78 is 5.13. The number of H-pyrrole nitrogens is 1. The van der Waals surface area contributed by atoms with Crippen molar-refractivity contribution in [1.29, 1.82) is 0 Å². The van der Waals surface area contributed by atoms with Crippen LogP contribution in [0.5, 0.6) is 5.75 Å². The highest BCUT2D eigenvalue weighted by Crippen LogP contribution is 2.25. The number of nitrogens with two attached hydrogens (primary N) is 1. The average molecular weight is 292 g/mol. The zero-order chi connectivity index (χ0) is 14.7. The van der Waals surface area contributed by atoms with E-state index in [4.69, 9.17) is 10.5 Å². The number of thiocarbonyl (C=S) groups is 1. The number of aromatic carboxylic acids is 1. The van der Waals surface area contributed by atoms with E-state index >= 15 is 0 Å². The molecule has 0 amide bonds. The monoisotopic (exact) mass is 292 g/mol. The zero-order valence-electron chi connectivity index (χ0n) is 10.5. The number of aromatic amines is 1. The molecule has 0 aliphatic carbocycles. The molecule has 0 fully saturated rings. The van der Waals surface area contributed by atoms with E-state index in [-0.39, 0.29) is 10.8 Å². The molecule has 2 rings (SSSR count). The number of aromatic nitrogens is 1. The molecule has 0 unspecified atom stereocenters. The first-order valence-electron chi connectivity index (χ1n) is 5.54. The van der Waals surface area contributed by atoms with Crippen LogP contribution < -0.4 is 15.9 Å². The Morgan fingerprint density at radius 2 is 2.35 bits per heavy atom. The van der Waals surface area contributed by atoms with Gasteiger partial charge in [0.25, 0.3) is 0 Å². The van der Waals surface area contributed by atoms with Crippen molar-refractivity contribution < 1.29 is 14.6 Å². The first-order valence-corrected chi connectivity index (χ1v) is 5.95. The number of ether oxygens (including phenoxy) is 1. The van der Waals surface area contributed by atoms with Crippen LogP contribution in [0, 0.1) is 0 Å². The van der Waals surface area contributed by atoms with Crippen LogP contribution in [0.3, 0.4) is 0 Å². The minimum atomic E-state index is -1.09. The molecule has 0 saturated heterocycles. The Bertz CT molecular complexity index is 708. The van der Waals surface area contributed by atoms with Crippen LogP contribution in [0.1, 0.15) is 16.1 Å². The van der Waals surface area contributed by atoms with Gasteiger partial charge in [-0.15, -0.1) is 0 Å². The third-order valence-corrected chi connectivity index (χ3v) is 2.72. The zero-order valence-corrected chi connectivity index (χ0v) is 11.3. The number of nitrogens with zero attached hydrogens (tertiary/aromatic N) is 1. The van der Waals surface area contributed by atoms with Crippen molar-refractivity contribution in [3.8, 4) is 5.75 Å². The summed E-state index contributed by atoms with van der Waals surface area (Å²) in [5.74, 6) is -0.470. The number of fused-ring (bicyclic) bond motifs is 1. The molecular weight excluding hydrogens is 280 g/mol. The lowest BCUT2D eigenvalue weighted by atomic mass is 10.1. The minimum absolute atomic E-state index is 0.00412. The molecule has 0 bridgehead atoms. The third kappa shape index (κ3) is 2.69. The largest absolute Gasteiger partial charge is 0.497 e. The number of carbonyl (C=O) groups is 1. The van der Waals surface area contributed by atoms with Gasteiger partial charge in [-0.1, -0.05) is 0 Å². The van der Waals surface area contributed by atoms with Gasteiger partial charge in [0.05, 0.1) is 13.3 Å². The Morgan fingerprint density at radius 1 is 1.60 bits per heavy atom. The number of hydrazone groups is 1. The molecule has 2 aromatic rings. The van der Waals surface area contributed by atoms with Gasteiger partial charge in [0.1, 0.15) is 11.4 Å². The molecule has 7 nitrogen and oxygen atoms in total. The van der Waals surface area contributed by atoms with Gasteiger partial charge in [0.15, 0.2) is 5.11 Å². The summed E-state index contributed by atoms with van der Waals surface area (Å²) in [5.41, 5.74) is 8.74. The maximum atomic E-state index is 11.2. The van der Waals surface area contributed by atoms with Crippen molar-refractivity contribution in [2.45, 2.75) is 0 Å². The quantitative estimate of drug-likeness (QED) is 0.380. The summed E-state index contributed by atoms with van der Waals surface area (Å²) >= 11 is 4.62. The van der Waals surface area contributed by atoms with E-state index in [0.717, 1.165) is 0 Å². The smallest absolute Gasteiger partial charge is 0.353 e. The van der Waals surface area contributed by atoms with Gasteiger partial charge in [-0.05, 0) is 30.4 Å². The normalized spacial score (nSPS) is 10.8. The summed E-state index contributed by atoms with van der Waals surface area (Å²) in [6, 6.07) is 5.19. The molecule has 0 atom stereocenters. The van der Waals surface area contributed by atoms with Crippen molar-refractivity contribution in [3.63, 3.8) is 0 Å². The molecule has 1 aromatic carbocycles. The van der Waals surface area contributed by atoms with Crippen molar-refractivity contribution in [2.75, 3.05) is 7.11 Å². The number of rotatable bonds is 4. The number of carboxylic acids is 1. The Kier molecular flexibility index (Phi) is 3.85. The highest BCUT2D eigenvalue weighted by Gasteiger charge is 2.16. The van der Waals surface area contributed by atoms with Crippen molar-refractivity contribution in [3.05, 3.63) is 29.5 Å². The second-order valence-corrected chi connectivity index (χ2v) is 4.30. The van der Waals surface area contributed by atoms with Crippen LogP contribution >= 0.6 is 12.2 Å². The number of methoxy groups -OCH3 is 1. The van der Waals surface area contributed by atoms with E-state index in [1.165, 1.54) is 13.3 Å². The fraction of sp³-hybridized carbons (Fsp3) is 0.0833. The fourth-order valence-corrected chi connectivity index (χ4v) is 1.83. The maximum Gasteiger partial charge on any atom is 0.353 e. The van der Waals surface area contributed by atoms with E-state index in [9.17, 15) is 9.90 Å². The molecule has 0 aliphatic heterocycles. The van der Waals surface area contributed by atoms with Crippen LogP contribution in [-0.2, 0) is 0 Å². The summed E-state index contributed by atoms with van der Waals surface area (Å²) in [5, 5.41) is 13.7. The topological polar surface area (TPSA) is 113 Å². The third-order valence-electron chi connectivity index (χ3n) is 2.63. The van der Waals surface area contributed by atoms with Gasteiger partial charge in [0, 0.05) is 16.5 Å². The van der Waals surface area contributed by atoms with E-state index in [0.29, 0.717) is 22.2 Å². The minimum Gasteiger partial charge on any atom is -0.497 e. The lowest BCUT2D eigenvalue weighted by Gasteiger charge is -1.99. The Hall–Kier alpha value is -2.61. The van der Waals surface area contributed by atoms with Gasteiger partial charge >= 0.3 is 5.97 Å². The number of hydrogen-bond donors (Lipinski definition) is 4. The molecule has 1 aromatic heterocycles. The average Bonchev–Trinajstić information content (AvgIpc) is 2.76. The van der Waals surface area contributed by atoms with Crippen molar-refractivity contribution in [1.82, 2.24) is 10.4 Å². The molecular formula is C12H12N4O3S. The number of nitrogens with one attached hydrogen (secondary N) is 2. The molecule has 5 N–H and O–H groups in total. The number of carboxylic acid groups (broad SMARTS) is 1. The van der Waals surface area contributed by atoms with E-state index in [1.807, 2.05) is 0 Å². The SMILES string of the molecule is COc1ccc2[nH]c(C(=O)O)c(/C=N/NC(N)=S)c2c1. The van der Waals surface area contributed by atoms with E-state index in [2.05, 4.69) is 27.7 Å². The fourth-order valence-electron chi connectivity index (χ4n) is 1.78. The molecule has 0 spiro atoms. The van der Waals surface area contributed by atoms with Crippen molar-refractivity contribution in [2.24, 2.45) is 10.8 Å². The number of hydrogen-bond acceptors (Lipinski definition) is 4. The maximum absolute atomic E-state index is 11.2. The van der Waals surface area contributed by atoms with Crippen LogP contribution in [0.2, 0.25) is 0 Å².